The molecule has 88 valence electrons. The van der Waals surface area contributed by atoms with Gasteiger partial charge in [0, 0.05) is 5.38 Å². The van der Waals surface area contributed by atoms with Crippen molar-refractivity contribution >= 4 is 34.9 Å². The van der Waals surface area contributed by atoms with Gasteiger partial charge in [-0.15, -0.1) is 11.3 Å². The Morgan fingerprint density at radius 3 is 2.88 bits per heavy atom. The number of thioether (sulfide) groups is 1. The molecule has 0 radical (unpaired) electrons. The summed E-state index contributed by atoms with van der Waals surface area (Å²) in [6, 6.07) is 0. The largest absolute Gasteiger partial charge is 0.469 e. The van der Waals surface area contributed by atoms with Gasteiger partial charge in [-0.3, -0.25) is 9.59 Å². The molecular weight excluding hydrogens is 246 g/mol. The van der Waals surface area contributed by atoms with E-state index in [1.165, 1.54) is 30.2 Å². The summed E-state index contributed by atoms with van der Waals surface area (Å²) in [5.41, 5.74) is 1.04. The molecule has 0 amide bonds. The number of thiazole rings is 1. The molecule has 0 saturated heterocycles. The minimum atomic E-state index is -0.487. The summed E-state index contributed by atoms with van der Waals surface area (Å²) >= 11 is 2.89. The van der Waals surface area contributed by atoms with E-state index in [9.17, 15) is 9.59 Å². The zero-order valence-electron chi connectivity index (χ0n) is 9.19. The molecule has 0 fully saturated rings. The number of methoxy groups -OCH3 is 1. The summed E-state index contributed by atoms with van der Waals surface area (Å²) in [6.07, 6.45) is 0.739. The third kappa shape index (κ3) is 4.32. The molecule has 0 spiro atoms. The van der Waals surface area contributed by atoms with Gasteiger partial charge in [0.1, 0.15) is 6.42 Å². The first-order valence-electron chi connectivity index (χ1n) is 4.81. The Hall–Kier alpha value is -0.880. The molecular formula is C10H13NO3S2. The van der Waals surface area contributed by atoms with Crippen molar-refractivity contribution in [2.75, 3.05) is 12.9 Å². The highest BCUT2D eigenvalue weighted by Crippen LogP contribution is 2.23. The van der Waals surface area contributed by atoms with Crippen LogP contribution in [0, 0.1) is 0 Å². The minimum Gasteiger partial charge on any atom is -0.469 e. The van der Waals surface area contributed by atoms with Crippen molar-refractivity contribution in [1.82, 2.24) is 4.98 Å². The first kappa shape index (κ1) is 13.2. The molecule has 0 aliphatic rings. The van der Waals surface area contributed by atoms with Crippen LogP contribution in [-0.2, 0) is 20.7 Å². The molecule has 1 aromatic heterocycles. The number of hydrogen-bond acceptors (Lipinski definition) is 6. The molecule has 0 aliphatic carbocycles. The molecule has 0 aliphatic heterocycles. The lowest BCUT2D eigenvalue weighted by Crippen LogP contribution is -2.10. The Kier molecular flexibility index (Phi) is 5.48. The summed E-state index contributed by atoms with van der Waals surface area (Å²) in [5, 5.41) is 1.98. The Bertz CT molecular complexity index is 376. The van der Waals surface area contributed by atoms with Crippen LogP contribution in [0.15, 0.2) is 9.72 Å². The van der Waals surface area contributed by atoms with Crippen LogP contribution in [0.3, 0.4) is 0 Å². The number of hydrogen-bond donors (Lipinski definition) is 0. The normalized spacial score (nSPS) is 10.1. The smallest absolute Gasteiger partial charge is 0.313 e. The van der Waals surface area contributed by atoms with E-state index in [4.69, 9.17) is 0 Å². The maximum absolute atomic E-state index is 11.3. The molecule has 0 aromatic carbocycles. The van der Waals surface area contributed by atoms with Gasteiger partial charge in [-0.05, 0) is 6.42 Å². The predicted octanol–water partition coefficient (Wildman–Crippen LogP) is 1.93. The Morgan fingerprint density at radius 1 is 1.56 bits per heavy atom. The number of aryl methyl sites for hydroxylation is 1. The van der Waals surface area contributed by atoms with Gasteiger partial charge in [0.05, 0.1) is 18.6 Å². The van der Waals surface area contributed by atoms with Crippen molar-refractivity contribution in [1.29, 1.82) is 0 Å². The SMILES string of the molecule is CCc1csc(SCC(=O)CC(=O)OC)n1. The molecule has 1 heterocycles. The predicted molar refractivity (Wildman–Crippen MR) is 63.9 cm³/mol. The molecule has 16 heavy (non-hydrogen) atoms. The van der Waals surface area contributed by atoms with Crippen LogP contribution in [0.2, 0.25) is 0 Å². The highest BCUT2D eigenvalue weighted by Gasteiger charge is 2.11. The lowest BCUT2D eigenvalue weighted by Gasteiger charge is -1.97. The molecule has 0 N–H and O–H groups in total. The second kappa shape index (κ2) is 6.65. The molecule has 4 nitrogen and oxygen atoms in total. The maximum Gasteiger partial charge on any atom is 0.313 e. The minimum absolute atomic E-state index is 0.134. The summed E-state index contributed by atoms with van der Waals surface area (Å²) in [6.45, 7) is 2.03. The van der Waals surface area contributed by atoms with Gasteiger partial charge in [0.15, 0.2) is 10.1 Å². The number of esters is 1. The van der Waals surface area contributed by atoms with Crippen LogP contribution >= 0.6 is 23.1 Å². The average molecular weight is 259 g/mol. The monoisotopic (exact) mass is 259 g/mol. The molecule has 6 heteroatoms. The van der Waals surface area contributed by atoms with Gasteiger partial charge in [0.2, 0.25) is 0 Å². The zero-order chi connectivity index (χ0) is 12.0. The number of aromatic nitrogens is 1. The fourth-order valence-corrected chi connectivity index (χ4v) is 2.73. The zero-order valence-corrected chi connectivity index (χ0v) is 10.8. The Balaban J connectivity index is 2.34. The van der Waals surface area contributed by atoms with E-state index < -0.39 is 5.97 Å². The summed E-state index contributed by atoms with van der Waals surface area (Å²) in [7, 11) is 1.27. The second-order valence-corrected chi connectivity index (χ2v) is 5.12. The average Bonchev–Trinajstić information content (AvgIpc) is 2.74. The number of carbonyl (C=O) groups excluding carboxylic acids is 2. The molecule has 0 saturated carbocycles. The highest BCUT2D eigenvalue weighted by atomic mass is 32.2. The van der Waals surface area contributed by atoms with Crippen molar-refractivity contribution in [2.24, 2.45) is 0 Å². The maximum atomic E-state index is 11.3. The van der Waals surface area contributed by atoms with Crippen LogP contribution in [0.1, 0.15) is 19.0 Å². The standard InChI is InChI=1S/C10H13NO3S2/c1-3-7-5-15-10(11-7)16-6-8(12)4-9(13)14-2/h5H,3-4,6H2,1-2H3. The van der Waals surface area contributed by atoms with Gasteiger partial charge in [-0.2, -0.15) is 0 Å². The third-order valence-electron chi connectivity index (χ3n) is 1.82. The number of ketones is 1. The first-order valence-corrected chi connectivity index (χ1v) is 6.68. The Labute approximate surface area is 102 Å². The Morgan fingerprint density at radius 2 is 2.31 bits per heavy atom. The lowest BCUT2D eigenvalue weighted by molar-refractivity contribution is -0.142. The third-order valence-corrected chi connectivity index (χ3v) is 3.95. The summed E-state index contributed by atoms with van der Waals surface area (Å²) in [5.74, 6) is -0.352. The van der Waals surface area contributed by atoms with Gasteiger partial charge in [-0.25, -0.2) is 4.98 Å². The number of rotatable bonds is 6. The van der Waals surface area contributed by atoms with Gasteiger partial charge >= 0.3 is 5.97 Å². The van der Waals surface area contributed by atoms with E-state index in [1.807, 2.05) is 12.3 Å². The van der Waals surface area contributed by atoms with Gasteiger partial charge < -0.3 is 4.74 Å². The van der Waals surface area contributed by atoms with Crippen LogP contribution < -0.4 is 0 Å². The van der Waals surface area contributed by atoms with Crippen LogP contribution in [0.25, 0.3) is 0 Å². The van der Waals surface area contributed by atoms with Crippen LogP contribution in [0.5, 0.6) is 0 Å². The number of carbonyl (C=O) groups is 2. The molecule has 0 unspecified atom stereocenters. The topological polar surface area (TPSA) is 56.3 Å². The van der Waals surface area contributed by atoms with E-state index in [0.29, 0.717) is 0 Å². The summed E-state index contributed by atoms with van der Waals surface area (Å²) in [4.78, 5) is 26.4. The van der Waals surface area contributed by atoms with E-state index in [0.717, 1.165) is 16.5 Å². The molecule has 0 atom stereocenters. The summed E-state index contributed by atoms with van der Waals surface area (Å²) < 4.78 is 5.28. The van der Waals surface area contributed by atoms with Crippen molar-refractivity contribution in [3.05, 3.63) is 11.1 Å². The number of Topliss-reactive ketones (excluding diaryl/α,β-unsaturated/α-hetero) is 1. The van der Waals surface area contributed by atoms with Crippen LogP contribution in [-0.4, -0.2) is 29.6 Å². The molecule has 1 rings (SSSR count). The number of nitrogens with zero attached hydrogens (tertiary/aromatic N) is 1. The van der Waals surface area contributed by atoms with Gasteiger partial charge in [0.25, 0.3) is 0 Å². The van der Waals surface area contributed by atoms with E-state index >= 15 is 0 Å². The fourth-order valence-electron chi connectivity index (χ4n) is 0.943. The lowest BCUT2D eigenvalue weighted by atomic mass is 10.3. The van der Waals surface area contributed by atoms with Crippen LogP contribution in [0.4, 0.5) is 0 Å². The quantitative estimate of drug-likeness (QED) is 0.444. The molecule has 0 bridgehead atoms. The van der Waals surface area contributed by atoms with E-state index in [-0.39, 0.29) is 18.0 Å². The first-order chi connectivity index (χ1) is 7.65. The van der Waals surface area contributed by atoms with E-state index in [2.05, 4.69) is 9.72 Å². The van der Waals surface area contributed by atoms with Crippen molar-refractivity contribution in [3.8, 4) is 0 Å². The van der Waals surface area contributed by atoms with Gasteiger partial charge in [-0.1, -0.05) is 18.7 Å². The highest BCUT2D eigenvalue weighted by molar-refractivity contribution is 8.01. The van der Waals surface area contributed by atoms with Crippen molar-refractivity contribution in [3.63, 3.8) is 0 Å². The van der Waals surface area contributed by atoms with Crippen molar-refractivity contribution < 1.29 is 14.3 Å². The van der Waals surface area contributed by atoms with E-state index in [1.54, 1.807) is 0 Å². The fraction of sp³-hybridized carbons (Fsp3) is 0.500. The molecule has 1 aromatic rings. The second-order valence-electron chi connectivity index (χ2n) is 3.04. The number of ether oxygens (including phenoxy) is 1. The van der Waals surface area contributed by atoms with Crippen molar-refractivity contribution in [2.45, 2.75) is 24.1 Å².